The lowest BCUT2D eigenvalue weighted by Gasteiger charge is -2.72. The summed E-state index contributed by atoms with van der Waals surface area (Å²) in [6.45, 7) is 38.6. The van der Waals surface area contributed by atoms with Gasteiger partial charge in [-0.1, -0.05) is 171 Å². The topological polar surface area (TPSA) is 6.48 Å². The lowest BCUT2D eigenvalue weighted by Crippen LogP contribution is -2.66. The summed E-state index contributed by atoms with van der Waals surface area (Å²) in [7, 11) is 0. The second-order valence-corrected chi connectivity index (χ2v) is 32.0. The molecular formula is C73H87BN2. The van der Waals surface area contributed by atoms with Crippen LogP contribution in [0.15, 0.2) is 109 Å². The summed E-state index contributed by atoms with van der Waals surface area (Å²) in [6, 6.07) is 45.8. The van der Waals surface area contributed by atoms with Crippen molar-refractivity contribution >= 4 is 57.2 Å². The molecule has 0 unspecified atom stereocenters. The van der Waals surface area contributed by atoms with E-state index < -0.39 is 0 Å². The summed E-state index contributed by atoms with van der Waals surface area (Å²) in [4.78, 5) is 5.56. The van der Waals surface area contributed by atoms with Crippen molar-refractivity contribution in [1.82, 2.24) is 0 Å². The van der Waals surface area contributed by atoms with Crippen LogP contribution in [0.25, 0.3) is 11.1 Å². The molecule has 2 heterocycles. The summed E-state index contributed by atoms with van der Waals surface area (Å²) in [5, 5.41) is 0. The second-order valence-electron chi connectivity index (χ2n) is 32.0. The summed E-state index contributed by atoms with van der Waals surface area (Å²) in [5.74, 6) is 6.55. The molecule has 0 spiro atoms. The third-order valence-electron chi connectivity index (χ3n) is 22.2. The molecule has 2 aliphatic heterocycles. The molecule has 16 rings (SSSR count). The van der Waals surface area contributed by atoms with Crippen molar-refractivity contribution < 1.29 is 0 Å². The van der Waals surface area contributed by atoms with Crippen molar-refractivity contribution in [1.29, 1.82) is 0 Å². The van der Waals surface area contributed by atoms with E-state index in [1.54, 1.807) is 5.56 Å². The Morgan fingerprint density at radius 2 is 0.868 bits per heavy atom. The van der Waals surface area contributed by atoms with E-state index in [-0.39, 0.29) is 44.6 Å². The highest BCUT2D eigenvalue weighted by Crippen LogP contribution is 2.75. The average molecular weight is 1000 g/mol. The van der Waals surface area contributed by atoms with Crippen LogP contribution in [-0.4, -0.2) is 6.71 Å². The van der Waals surface area contributed by atoms with E-state index in [0.29, 0.717) is 0 Å². The van der Waals surface area contributed by atoms with E-state index in [9.17, 15) is 0 Å². The van der Waals surface area contributed by atoms with E-state index in [0.717, 1.165) is 47.8 Å². The van der Waals surface area contributed by atoms with Gasteiger partial charge in [0.2, 0.25) is 0 Å². The molecule has 0 atom stereocenters. The highest BCUT2D eigenvalue weighted by Gasteiger charge is 2.68. The van der Waals surface area contributed by atoms with Crippen LogP contribution in [0.1, 0.15) is 195 Å². The second kappa shape index (κ2) is 15.6. The molecule has 0 amide bonds. The lowest BCUT2D eigenvalue weighted by molar-refractivity contribution is -0.212. The Labute approximate surface area is 459 Å². The van der Waals surface area contributed by atoms with Gasteiger partial charge < -0.3 is 9.80 Å². The summed E-state index contributed by atoms with van der Waals surface area (Å²) >= 11 is 0. The fraction of sp³-hybridized carbons (Fsp3) is 0.507. The first kappa shape index (κ1) is 49.3. The normalized spacial score (nSPS) is 27.9. The van der Waals surface area contributed by atoms with Crippen molar-refractivity contribution in [3.8, 4) is 11.1 Å². The number of rotatable bonds is 4. The van der Waals surface area contributed by atoms with Crippen LogP contribution in [0.2, 0.25) is 0 Å². The maximum Gasteiger partial charge on any atom is 0.252 e. The van der Waals surface area contributed by atoms with Gasteiger partial charge in [-0.2, -0.15) is 0 Å². The fourth-order valence-electron chi connectivity index (χ4n) is 18.7. The van der Waals surface area contributed by atoms with E-state index >= 15 is 0 Å². The Bertz CT molecular complexity index is 3350. The minimum atomic E-state index is -0.0276. The van der Waals surface area contributed by atoms with Crippen LogP contribution < -0.4 is 26.2 Å². The Morgan fingerprint density at radius 1 is 0.421 bits per heavy atom. The van der Waals surface area contributed by atoms with Gasteiger partial charge in [0.15, 0.2) is 0 Å². The predicted molar refractivity (Wildman–Crippen MR) is 325 cm³/mol. The van der Waals surface area contributed by atoms with Crippen molar-refractivity contribution in [2.24, 2.45) is 41.4 Å². The van der Waals surface area contributed by atoms with E-state index in [4.69, 9.17) is 0 Å². The molecule has 0 N–H and O–H groups in total. The van der Waals surface area contributed by atoms with Crippen LogP contribution in [0, 0.1) is 41.4 Å². The zero-order chi connectivity index (χ0) is 53.3. The van der Waals surface area contributed by atoms with Gasteiger partial charge in [0, 0.05) is 34.0 Å². The standard InChI is InChI=1S/C73H87BN2/c1-67(2,3)44-18-23-49(24-19-44)75-62-27-21-46(69(7,8)9)34-59(62)74-60-35-47(70(10,11)12)22-28-63(60)76(61-26-20-45(68(4,5)6)33-50(61)43-17-25-57-58(32-43)72(15,16)41-71(57,13)14)65-37-48(36-64(75)66(65)74)73-38-54-51-29-42-30-52(54)56(40-73)53(31-42)55(51)39-73/h17-28,32-37,42,51-56H,29-31,38-41H2,1-16H3. The minimum Gasteiger partial charge on any atom is -0.311 e. The Kier molecular flexibility index (Phi) is 10.1. The first-order chi connectivity index (χ1) is 35.6. The van der Waals surface area contributed by atoms with Crippen LogP contribution in [0.4, 0.5) is 34.1 Å². The van der Waals surface area contributed by atoms with E-state index in [1.807, 2.05) is 0 Å². The molecule has 0 aromatic heterocycles. The molecule has 0 saturated heterocycles. The van der Waals surface area contributed by atoms with Gasteiger partial charge in [-0.3, -0.25) is 0 Å². The van der Waals surface area contributed by atoms with Gasteiger partial charge in [0.05, 0.1) is 5.69 Å². The zero-order valence-electron chi connectivity index (χ0n) is 49.4. The first-order valence-corrected chi connectivity index (χ1v) is 30.1. The van der Waals surface area contributed by atoms with Gasteiger partial charge >= 0.3 is 0 Å². The number of anilines is 6. The van der Waals surface area contributed by atoms with Crippen molar-refractivity contribution in [2.45, 2.75) is 194 Å². The number of benzene rings is 6. The predicted octanol–water partition coefficient (Wildman–Crippen LogP) is 17.5. The maximum atomic E-state index is 2.83. The zero-order valence-corrected chi connectivity index (χ0v) is 49.4. The molecule has 0 radical (unpaired) electrons. The number of fused-ring (bicyclic) bond motifs is 5. The van der Waals surface area contributed by atoms with Crippen LogP contribution in [0.5, 0.6) is 0 Å². The van der Waals surface area contributed by atoms with Crippen LogP contribution in [0.3, 0.4) is 0 Å². The number of nitrogens with zero attached hydrogens (tertiary/aromatic N) is 2. The molecule has 392 valence electrons. The van der Waals surface area contributed by atoms with Crippen molar-refractivity contribution in [3.63, 3.8) is 0 Å². The summed E-state index contributed by atoms with van der Waals surface area (Å²) in [6.07, 6.45) is 9.82. The highest BCUT2D eigenvalue weighted by atomic mass is 15.2. The van der Waals surface area contributed by atoms with Gasteiger partial charge in [-0.25, -0.2) is 0 Å². The molecule has 7 fully saturated rings. The van der Waals surface area contributed by atoms with Crippen molar-refractivity contribution in [3.05, 3.63) is 148 Å². The molecule has 10 aliphatic rings. The molecular weight excluding hydrogens is 916 g/mol. The SMILES string of the molecule is CC(C)(C)c1ccc(N2c3ccc(C(C)(C)C)cc3B3c4cc(C(C)(C)C)ccc4N(c4ccc(C(C)(C)C)cc4-c4ccc5c(c4)C(C)(C)CC5(C)C)c4cc(C56CC7C8CC9CC7C(C5)C(C9)C8C6)cc2c43)cc1. The lowest BCUT2D eigenvalue weighted by atomic mass is 9.31. The smallest absolute Gasteiger partial charge is 0.252 e. The van der Waals surface area contributed by atoms with Gasteiger partial charge in [-0.15, -0.1) is 0 Å². The Balaban J connectivity index is 1.09. The molecule has 8 aliphatic carbocycles. The minimum absolute atomic E-state index is 0.0153. The van der Waals surface area contributed by atoms with Gasteiger partial charge in [0.25, 0.3) is 6.71 Å². The summed E-state index contributed by atoms with van der Waals surface area (Å²) in [5.41, 5.74) is 25.6. The number of hydrogen-bond donors (Lipinski definition) is 0. The third kappa shape index (κ3) is 7.10. The summed E-state index contributed by atoms with van der Waals surface area (Å²) < 4.78 is 0. The molecule has 7 saturated carbocycles. The third-order valence-corrected chi connectivity index (χ3v) is 22.2. The highest BCUT2D eigenvalue weighted by molar-refractivity contribution is 7.00. The Morgan fingerprint density at radius 3 is 1.38 bits per heavy atom. The Hall–Kier alpha value is -5.02. The average Bonchev–Trinajstić information content (AvgIpc) is 3.70. The largest absolute Gasteiger partial charge is 0.311 e. The first-order valence-electron chi connectivity index (χ1n) is 30.1. The van der Waals surface area contributed by atoms with Crippen LogP contribution >= 0.6 is 0 Å². The van der Waals surface area contributed by atoms with Gasteiger partial charge in [-0.05, 0) is 234 Å². The monoisotopic (exact) mass is 1000 g/mol. The van der Waals surface area contributed by atoms with Crippen LogP contribution in [-0.2, 0) is 37.9 Å². The maximum absolute atomic E-state index is 2.83. The fourth-order valence-corrected chi connectivity index (χ4v) is 18.7. The number of hydrogen-bond acceptors (Lipinski definition) is 2. The molecule has 2 nitrogen and oxygen atoms in total. The van der Waals surface area contributed by atoms with Crippen molar-refractivity contribution in [2.75, 3.05) is 9.80 Å². The quantitative estimate of drug-likeness (QED) is 0.162. The molecule has 3 heteroatoms. The van der Waals surface area contributed by atoms with E-state index in [2.05, 4.69) is 230 Å². The molecule has 8 bridgehead atoms. The molecule has 6 aromatic rings. The molecule has 6 aromatic carbocycles. The van der Waals surface area contributed by atoms with Gasteiger partial charge in [0.1, 0.15) is 0 Å². The molecule has 76 heavy (non-hydrogen) atoms. The van der Waals surface area contributed by atoms with E-state index in [1.165, 1.54) is 134 Å².